The summed E-state index contributed by atoms with van der Waals surface area (Å²) in [6.07, 6.45) is 0. The summed E-state index contributed by atoms with van der Waals surface area (Å²) in [7, 11) is 1.57. The summed E-state index contributed by atoms with van der Waals surface area (Å²) in [6, 6.07) is 24.3. The van der Waals surface area contributed by atoms with E-state index in [4.69, 9.17) is 4.74 Å². The van der Waals surface area contributed by atoms with Crippen molar-refractivity contribution < 1.29 is 14.3 Å². The second-order valence-corrected chi connectivity index (χ2v) is 6.51. The SMILES string of the molecule is CCN(CC(=O)Nc1cccc(OC)c1)C(=O)c1ccccc1-c1ccccc1. The molecule has 1 N–H and O–H groups in total. The molecular formula is C24H24N2O3. The molecule has 0 fully saturated rings. The number of hydrogen-bond donors (Lipinski definition) is 1. The molecule has 3 aromatic rings. The van der Waals surface area contributed by atoms with Crippen LogP contribution in [0.25, 0.3) is 11.1 Å². The Morgan fingerprint density at radius 2 is 1.66 bits per heavy atom. The molecular weight excluding hydrogens is 364 g/mol. The van der Waals surface area contributed by atoms with Crippen molar-refractivity contribution in [2.45, 2.75) is 6.92 Å². The Morgan fingerprint density at radius 3 is 2.38 bits per heavy atom. The van der Waals surface area contributed by atoms with Crippen LogP contribution in [0.1, 0.15) is 17.3 Å². The lowest BCUT2D eigenvalue weighted by atomic mass is 9.99. The van der Waals surface area contributed by atoms with Crippen molar-refractivity contribution in [2.75, 3.05) is 25.5 Å². The Labute approximate surface area is 170 Å². The van der Waals surface area contributed by atoms with Gasteiger partial charge in [0.05, 0.1) is 7.11 Å². The van der Waals surface area contributed by atoms with E-state index < -0.39 is 0 Å². The highest BCUT2D eigenvalue weighted by Crippen LogP contribution is 2.24. The highest BCUT2D eigenvalue weighted by molar-refractivity contribution is 6.03. The molecule has 29 heavy (non-hydrogen) atoms. The Balaban J connectivity index is 1.77. The largest absolute Gasteiger partial charge is 0.497 e. The van der Waals surface area contributed by atoms with Gasteiger partial charge >= 0.3 is 0 Å². The molecule has 0 atom stereocenters. The number of rotatable bonds is 7. The molecule has 0 aliphatic heterocycles. The molecule has 0 unspecified atom stereocenters. The number of anilines is 1. The number of ether oxygens (including phenoxy) is 1. The fourth-order valence-corrected chi connectivity index (χ4v) is 3.11. The van der Waals surface area contributed by atoms with Crippen LogP contribution in [0.5, 0.6) is 5.75 Å². The van der Waals surface area contributed by atoms with Crippen LogP contribution >= 0.6 is 0 Å². The van der Waals surface area contributed by atoms with Crippen LogP contribution < -0.4 is 10.1 Å². The average Bonchev–Trinajstić information content (AvgIpc) is 2.77. The minimum atomic E-state index is -0.259. The van der Waals surface area contributed by atoms with Gasteiger partial charge in [0.15, 0.2) is 0 Å². The van der Waals surface area contributed by atoms with Gasteiger partial charge in [0.1, 0.15) is 12.3 Å². The number of benzene rings is 3. The molecule has 0 aliphatic rings. The van der Waals surface area contributed by atoms with E-state index in [1.54, 1.807) is 37.4 Å². The van der Waals surface area contributed by atoms with Crippen LogP contribution in [0.15, 0.2) is 78.9 Å². The second kappa shape index (κ2) is 9.55. The highest BCUT2D eigenvalue weighted by Gasteiger charge is 2.20. The standard InChI is InChI=1S/C24H24N2O3/c1-3-26(17-23(27)25-19-12-9-13-20(16-19)29-2)24(28)22-15-8-7-14-21(22)18-10-5-4-6-11-18/h4-16H,3,17H2,1-2H3,(H,25,27). The molecule has 148 valence electrons. The van der Waals surface area contributed by atoms with Crippen LogP contribution in [0.3, 0.4) is 0 Å². The third-order valence-electron chi connectivity index (χ3n) is 4.60. The monoisotopic (exact) mass is 388 g/mol. The average molecular weight is 388 g/mol. The first-order chi connectivity index (χ1) is 14.1. The number of nitrogens with zero attached hydrogens (tertiary/aromatic N) is 1. The quantitative estimate of drug-likeness (QED) is 0.650. The number of carbonyl (C=O) groups excluding carboxylic acids is 2. The van der Waals surface area contributed by atoms with E-state index in [2.05, 4.69) is 5.32 Å². The number of hydrogen-bond acceptors (Lipinski definition) is 3. The summed E-state index contributed by atoms with van der Waals surface area (Å²) in [5.74, 6) is 0.224. The zero-order chi connectivity index (χ0) is 20.6. The molecule has 0 saturated heterocycles. The molecule has 0 spiro atoms. The van der Waals surface area contributed by atoms with E-state index in [0.29, 0.717) is 23.5 Å². The molecule has 2 amide bonds. The van der Waals surface area contributed by atoms with Gasteiger partial charge in [-0.25, -0.2) is 0 Å². The second-order valence-electron chi connectivity index (χ2n) is 6.51. The molecule has 0 aromatic heterocycles. The summed E-state index contributed by atoms with van der Waals surface area (Å²) >= 11 is 0. The minimum Gasteiger partial charge on any atom is -0.497 e. The first kappa shape index (κ1) is 20.1. The van der Waals surface area contributed by atoms with Gasteiger partial charge in [0.25, 0.3) is 5.91 Å². The van der Waals surface area contributed by atoms with Crippen molar-refractivity contribution in [2.24, 2.45) is 0 Å². The molecule has 5 heteroatoms. The summed E-state index contributed by atoms with van der Waals surface area (Å²) in [5.41, 5.74) is 3.02. The fourth-order valence-electron chi connectivity index (χ4n) is 3.11. The molecule has 0 bridgehead atoms. The van der Waals surface area contributed by atoms with Gasteiger partial charge in [0.2, 0.25) is 5.91 Å². The zero-order valence-electron chi connectivity index (χ0n) is 16.6. The topological polar surface area (TPSA) is 58.6 Å². The van der Waals surface area contributed by atoms with E-state index in [1.165, 1.54) is 4.90 Å². The van der Waals surface area contributed by atoms with Gasteiger partial charge in [-0.1, -0.05) is 54.6 Å². The molecule has 5 nitrogen and oxygen atoms in total. The minimum absolute atomic E-state index is 0.0321. The number of nitrogens with one attached hydrogen (secondary N) is 1. The van der Waals surface area contributed by atoms with Crippen LogP contribution in [0.4, 0.5) is 5.69 Å². The van der Waals surface area contributed by atoms with Crippen LogP contribution in [0.2, 0.25) is 0 Å². The van der Waals surface area contributed by atoms with E-state index in [1.807, 2.05) is 55.5 Å². The highest BCUT2D eigenvalue weighted by atomic mass is 16.5. The molecule has 3 rings (SSSR count). The lowest BCUT2D eigenvalue weighted by Crippen LogP contribution is -2.38. The lowest BCUT2D eigenvalue weighted by molar-refractivity contribution is -0.116. The summed E-state index contributed by atoms with van der Waals surface area (Å²) < 4.78 is 5.17. The number of methoxy groups -OCH3 is 1. The molecule has 0 aliphatic carbocycles. The first-order valence-electron chi connectivity index (χ1n) is 9.50. The smallest absolute Gasteiger partial charge is 0.254 e. The maximum Gasteiger partial charge on any atom is 0.254 e. The lowest BCUT2D eigenvalue weighted by Gasteiger charge is -2.22. The molecule has 3 aromatic carbocycles. The van der Waals surface area contributed by atoms with Crippen molar-refractivity contribution in [1.82, 2.24) is 4.90 Å². The van der Waals surface area contributed by atoms with E-state index >= 15 is 0 Å². The van der Waals surface area contributed by atoms with E-state index in [-0.39, 0.29) is 18.4 Å². The van der Waals surface area contributed by atoms with Crippen molar-refractivity contribution in [3.8, 4) is 16.9 Å². The normalized spacial score (nSPS) is 10.3. The predicted octanol–water partition coefficient (Wildman–Crippen LogP) is 4.46. The Hall–Kier alpha value is -3.60. The third-order valence-corrected chi connectivity index (χ3v) is 4.60. The van der Waals surface area contributed by atoms with Crippen molar-refractivity contribution in [3.05, 3.63) is 84.4 Å². The van der Waals surface area contributed by atoms with Gasteiger partial charge in [-0.3, -0.25) is 9.59 Å². The van der Waals surface area contributed by atoms with Gasteiger partial charge in [-0.05, 0) is 36.2 Å². The maximum atomic E-state index is 13.2. The van der Waals surface area contributed by atoms with Crippen LogP contribution in [-0.2, 0) is 4.79 Å². The van der Waals surface area contributed by atoms with Gasteiger partial charge in [0, 0.05) is 23.9 Å². The molecule has 0 heterocycles. The van der Waals surface area contributed by atoms with Crippen molar-refractivity contribution >= 4 is 17.5 Å². The number of likely N-dealkylation sites (N-methyl/N-ethyl adjacent to an activating group) is 1. The number of carbonyl (C=O) groups is 2. The van der Waals surface area contributed by atoms with E-state index in [9.17, 15) is 9.59 Å². The third kappa shape index (κ3) is 5.02. The zero-order valence-corrected chi connectivity index (χ0v) is 16.6. The van der Waals surface area contributed by atoms with Gasteiger partial charge in [-0.2, -0.15) is 0 Å². The Bertz CT molecular complexity index is 986. The van der Waals surface area contributed by atoms with Crippen LogP contribution in [-0.4, -0.2) is 36.9 Å². The molecule has 0 saturated carbocycles. The molecule has 0 radical (unpaired) electrons. The Morgan fingerprint density at radius 1 is 0.931 bits per heavy atom. The van der Waals surface area contributed by atoms with Gasteiger partial charge < -0.3 is 15.0 Å². The summed E-state index contributed by atoms with van der Waals surface area (Å²) in [5, 5.41) is 2.82. The maximum absolute atomic E-state index is 13.2. The summed E-state index contributed by atoms with van der Waals surface area (Å²) in [6.45, 7) is 2.25. The Kier molecular flexibility index (Phi) is 6.63. The van der Waals surface area contributed by atoms with E-state index in [0.717, 1.165) is 11.1 Å². The predicted molar refractivity (Wildman–Crippen MR) is 115 cm³/mol. The number of amides is 2. The fraction of sp³-hybridized carbons (Fsp3) is 0.167. The first-order valence-corrected chi connectivity index (χ1v) is 9.50. The summed E-state index contributed by atoms with van der Waals surface area (Å²) in [4.78, 5) is 27.2. The van der Waals surface area contributed by atoms with Crippen molar-refractivity contribution in [3.63, 3.8) is 0 Å². The van der Waals surface area contributed by atoms with Gasteiger partial charge in [-0.15, -0.1) is 0 Å². The van der Waals surface area contributed by atoms with Crippen LogP contribution in [0, 0.1) is 0 Å². The van der Waals surface area contributed by atoms with Crippen molar-refractivity contribution in [1.29, 1.82) is 0 Å².